The summed E-state index contributed by atoms with van der Waals surface area (Å²) in [5.41, 5.74) is 3.27. The largest absolute Gasteiger partial charge is 0.416 e. The Morgan fingerprint density at radius 1 is 1.03 bits per heavy atom. The number of hydrogen-bond acceptors (Lipinski definition) is 3. The lowest BCUT2D eigenvalue weighted by molar-refractivity contribution is -0.137. The number of aromatic nitrogens is 2. The molecule has 1 fully saturated rings. The summed E-state index contributed by atoms with van der Waals surface area (Å²) in [6.45, 7) is 4.04. The Kier molecular flexibility index (Phi) is 6.21. The number of halogens is 3. The number of aryl methyl sites for hydroxylation is 1. The van der Waals surface area contributed by atoms with Crippen molar-refractivity contribution in [2.45, 2.75) is 38.8 Å². The highest BCUT2D eigenvalue weighted by Crippen LogP contribution is 2.32. The predicted octanol–water partition coefficient (Wildman–Crippen LogP) is 5.90. The van der Waals surface area contributed by atoms with Crippen LogP contribution in [-0.2, 0) is 12.6 Å². The summed E-state index contributed by atoms with van der Waals surface area (Å²) in [6.07, 6.45) is -0.171. The van der Waals surface area contributed by atoms with Crippen LogP contribution in [0.25, 0.3) is 11.3 Å². The Morgan fingerprint density at radius 2 is 1.69 bits per heavy atom. The first-order valence-corrected chi connectivity index (χ1v) is 10.8. The molecule has 1 aromatic heterocycles. The summed E-state index contributed by atoms with van der Waals surface area (Å²) >= 11 is 0. The first-order valence-electron chi connectivity index (χ1n) is 10.8. The van der Waals surface area contributed by atoms with Gasteiger partial charge in [-0.3, -0.25) is 9.89 Å². The first-order chi connectivity index (χ1) is 15.4. The van der Waals surface area contributed by atoms with Crippen molar-refractivity contribution in [3.8, 4) is 11.3 Å². The summed E-state index contributed by atoms with van der Waals surface area (Å²) in [4.78, 5) is 15.1. The lowest BCUT2D eigenvalue weighted by Crippen LogP contribution is -2.29. The van der Waals surface area contributed by atoms with Gasteiger partial charge in [0, 0.05) is 29.9 Å². The van der Waals surface area contributed by atoms with Gasteiger partial charge in [-0.05, 0) is 62.1 Å². The van der Waals surface area contributed by atoms with Crippen molar-refractivity contribution >= 4 is 17.3 Å². The van der Waals surface area contributed by atoms with E-state index in [0.29, 0.717) is 17.8 Å². The summed E-state index contributed by atoms with van der Waals surface area (Å²) in [5.74, 6) is -0.485. The number of piperidine rings is 1. The van der Waals surface area contributed by atoms with Gasteiger partial charge in [0.15, 0.2) is 0 Å². The Bertz CT molecular complexity index is 1070. The quantitative estimate of drug-likeness (QED) is 0.517. The molecule has 1 aliphatic rings. The maximum absolute atomic E-state index is 12.8. The molecule has 2 N–H and O–H groups in total. The first kappa shape index (κ1) is 21.9. The second kappa shape index (κ2) is 9.06. The molecule has 32 heavy (non-hydrogen) atoms. The molecule has 0 unspecified atom stereocenters. The van der Waals surface area contributed by atoms with Crippen molar-refractivity contribution in [1.29, 1.82) is 0 Å². The van der Waals surface area contributed by atoms with Gasteiger partial charge in [0.05, 0.1) is 16.9 Å². The maximum atomic E-state index is 12.8. The van der Waals surface area contributed by atoms with Crippen molar-refractivity contribution in [3.63, 3.8) is 0 Å². The van der Waals surface area contributed by atoms with Crippen LogP contribution in [0.3, 0.4) is 0 Å². The molecule has 168 valence electrons. The Hall–Kier alpha value is -3.29. The normalized spacial score (nSPS) is 14.4. The molecule has 2 aromatic carbocycles. The number of carbonyl (C=O) groups excluding carboxylic acids is 1. The minimum atomic E-state index is -4.44. The molecule has 8 heteroatoms. The number of benzene rings is 2. The number of amides is 1. The molecule has 2 heterocycles. The molecule has 0 radical (unpaired) electrons. The van der Waals surface area contributed by atoms with Crippen LogP contribution < -0.4 is 10.2 Å². The van der Waals surface area contributed by atoms with Crippen LogP contribution >= 0.6 is 0 Å². The summed E-state index contributed by atoms with van der Waals surface area (Å²) in [7, 11) is 0. The molecule has 0 bridgehead atoms. The van der Waals surface area contributed by atoms with Gasteiger partial charge >= 0.3 is 6.18 Å². The van der Waals surface area contributed by atoms with Gasteiger partial charge in [-0.15, -0.1) is 0 Å². The molecule has 1 saturated heterocycles. The average Bonchev–Trinajstić information content (AvgIpc) is 3.21. The van der Waals surface area contributed by atoms with Crippen molar-refractivity contribution in [3.05, 3.63) is 65.4 Å². The minimum Gasteiger partial charge on any atom is -0.372 e. The number of aromatic amines is 1. The molecule has 0 saturated carbocycles. The third kappa shape index (κ3) is 4.64. The van der Waals surface area contributed by atoms with Crippen LogP contribution in [0.5, 0.6) is 0 Å². The Balaban J connectivity index is 1.56. The molecule has 3 aromatic rings. The average molecular weight is 442 g/mol. The minimum absolute atomic E-state index is 0.146. The molecule has 0 spiro atoms. The van der Waals surface area contributed by atoms with E-state index in [-0.39, 0.29) is 5.56 Å². The summed E-state index contributed by atoms with van der Waals surface area (Å²) in [6, 6.07) is 12.2. The van der Waals surface area contributed by atoms with Gasteiger partial charge in [-0.1, -0.05) is 19.1 Å². The number of hydrogen-bond donors (Lipinski definition) is 2. The van der Waals surface area contributed by atoms with Crippen LogP contribution in [0.2, 0.25) is 0 Å². The molecule has 1 aliphatic heterocycles. The number of rotatable bonds is 5. The second-order valence-electron chi connectivity index (χ2n) is 7.90. The second-order valence-corrected chi connectivity index (χ2v) is 7.90. The van der Waals surface area contributed by atoms with E-state index in [0.717, 1.165) is 42.2 Å². The van der Waals surface area contributed by atoms with Gasteiger partial charge < -0.3 is 10.2 Å². The monoisotopic (exact) mass is 442 g/mol. The van der Waals surface area contributed by atoms with Gasteiger partial charge in [-0.25, -0.2) is 0 Å². The van der Waals surface area contributed by atoms with Crippen molar-refractivity contribution in [2.75, 3.05) is 23.3 Å². The number of H-pyrrole nitrogens is 1. The van der Waals surface area contributed by atoms with E-state index in [1.165, 1.54) is 31.4 Å². The molecule has 1 amide bonds. The van der Waals surface area contributed by atoms with E-state index in [2.05, 4.69) is 32.5 Å². The van der Waals surface area contributed by atoms with Gasteiger partial charge in [0.25, 0.3) is 5.91 Å². The Labute approximate surface area is 184 Å². The lowest BCUT2D eigenvalue weighted by atomic mass is 10.1. The van der Waals surface area contributed by atoms with E-state index in [4.69, 9.17) is 0 Å². The smallest absolute Gasteiger partial charge is 0.372 e. The van der Waals surface area contributed by atoms with E-state index in [1.807, 2.05) is 19.1 Å². The van der Waals surface area contributed by atoms with Gasteiger partial charge in [0.2, 0.25) is 0 Å². The number of anilines is 2. The third-order valence-corrected chi connectivity index (χ3v) is 5.77. The highest BCUT2D eigenvalue weighted by Gasteiger charge is 2.30. The molecular weight excluding hydrogens is 417 g/mol. The summed E-state index contributed by atoms with van der Waals surface area (Å²) in [5, 5.41) is 10.2. The zero-order valence-electron chi connectivity index (χ0n) is 17.8. The fourth-order valence-electron chi connectivity index (χ4n) is 3.96. The third-order valence-electron chi connectivity index (χ3n) is 5.77. The lowest BCUT2D eigenvalue weighted by Gasteiger charge is -2.28. The van der Waals surface area contributed by atoms with Crippen molar-refractivity contribution < 1.29 is 18.0 Å². The Morgan fingerprint density at radius 3 is 2.28 bits per heavy atom. The maximum Gasteiger partial charge on any atom is 0.416 e. The van der Waals surface area contributed by atoms with Crippen molar-refractivity contribution in [1.82, 2.24) is 10.2 Å². The number of carbonyl (C=O) groups is 1. The van der Waals surface area contributed by atoms with Crippen LogP contribution in [-0.4, -0.2) is 29.2 Å². The van der Waals surface area contributed by atoms with Crippen LogP contribution in [0.1, 0.15) is 47.8 Å². The van der Waals surface area contributed by atoms with Crippen LogP contribution in [0, 0.1) is 0 Å². The topological polar surface area (TPSA) is 61.0 Å². The van der Waals surface area contributed by atoms with E-state index in [1.54, 1.807) is 0 Å². The molecule has 4 rings (SSSR count). The standard InChI is InChI=1S/C24H25F3N4O/c1-2-20-22(28-23(32)17-6-10-18(11-7-17)24(25,26)27)21(30-29-20)16-8-12-19(13-9-16)31-14-4-3-5-15-31/h6-13H,2-5,14-15H2,1H3,(H,28,32)(H,29,30). The number of nitrogens with zero attached hydrogens (tertiary/aromatic N) is 2. The highest BCUT2D eigenvalue weighted by atomic mass is 19.4. The zero-order valence-corrected chi connectivity index (χ0v) is 17.8. The highest BCUT2D eigenvalue weighted by molar-refractivity contribution is 6.06. The molecular formula is C24H25F3N4O. The molecule has 0 aliphatic carbocycles. The van der Waals surface area contributed by atoms with E-state index < -0.39 is 17.6 Å². The fourth-order valence-corrected chi connectivity index (χ4v) is 3.96. The number of alkyl halides is 3. The zero-order chi connectivity index (χ0) is 22.7. The fraction of sp³-hybridized carbons (Fsp3) is 0.333. The predicted molar refractivity (Wildman–Crippen MR) is 119 cm³/mol. The van der Waals surface area contributed by atoms with Crippen LogP contribution in [0.15, 0.2) is 48.5 Å². The molecule has 0 atom stereocenters. The van der Waals surface area contributed by atoms with E-state index >= 15 is 0 Å². The van der Waals surface area contributed by atoms with Gasteiger partial charge in [-0.2, -0.15) is 18.3 Å². The molecule has 5 nitrogen and oxygen atoms in total. The van der Waals surface area contributed by atoms with Crippen molar-refractivity contribution in [2.24, 2.45) is 0 Å². The van der Waals surface area contributed by atoms with E-state index in [9.17, 15) is 18.0 Å². The van der Waals surface area contributed by atoms with Crippen LogP contribution in [0.4, 0.5) is 24.5 Å². The van der Waals surface area contributed by atoms with Gasteiger partial charge in [0.1, 0.15) is 5.69 Å². The summed E-state index contributed by atoms with van der Waals surface area (Å²) < 4.78 is 38.4. The number of nitrogens with one attached hydrogen (secondary N) is 2. The SMILES string of the molecule is CCc1[nH]nc(-c2ccc(N3CCCCC3)cc2)c1NC(=O)c1ccc(C(F)(F)F)cc1.